The first kappa shape index (κ1) is 18.5. The van der Waals surface area contributed by atoms with Crippen molar-refractivity contribution < 1.29 is 14.3 Å². The molecule has 0 aliphatic heterocycles. The maximum absolute atomic E-state index is 12.6. The van der Waals surface area contributed by atoms with Crippen molar-refractivity contribution in [3.05, 3.63) is 65.9 Å². The number of nitriles is 1. The molecular formula is C22H22N2O3. The Kier molecular flexibility index (Phi) is 5.18. The Labute approximate surface area is 158 Å². The second-order valence-electron chi connectivity index (χ2n) is 7.29. The zero-order valence-electron chi connectivity index (χ0n) is 15.7. The summed E-state index contributed by atoms with van der Waals surface area (Å²) in [7, 11) is 0. The van der Waals surface area contributed by atoms with Crippen LogP contribution in [0.3, 0.4) is 0 Å². The SMILES string of the molecule is CC(C)(C)OC(=O)n1cc(CC#N)c2ccc(OCc3ccccc3)cc21. The maximum Gasteiger partial charge on any atom is 0.419 e. The summed E-state index contributed by atoms with van der Waals surface area (Å²) >= 11 is 0. The van der Waals surface area contributed by atoms with Gasteiger partial charge in [-0.25, -0.2) is 4.79 Å². The lowest BCUT2D eigenvalue weighted by molar-refractivity contribution is 0.0544. The van der Waals surface area contributed by atoms with Crippen LogP contribution in [0.5, 0.6) is 5.75 Å². The molecule has 0 atom stereocenters. The third-order valence-corrected chi connectivity index (χ3v) is 3.97. The molecule has 0 fully saturated rings. The van der Waals surface area contributed by atoms with E-state index in [1.807, 2.05) is 69.3 Å². The number of ether oxygens (including phenoxy) is 2. The molecule has 5 heteroatoms. The number of nitrogens with zero attached hydrogens (tertiary/aromatic N) is 2. The van der Waals surface area contributed by atoms with E-state index in [-0.39, 0.29) is 6.42 Å². The molecule has 3 aromatic rings. The van der Waals surface area contributed by atoms with Crippen LogP contribution in [0, 0.1) is 11.3 Å². The molecule has 138 valence electrons. The fraction of sp³-hybridized carbons (Fsp3) is 0.273. The van der Waals surface area contributed by atoms with Gasteiger partial charge in [-0.15, -0.1) is 0 Å². The lowest BCUT2D eigenvalue weighted by atomic mass is 10.1. The van der Waals surface area contributed by atoms with Gasteiger partial charge in [0.1, 0.15) is 18.0 Å². The van der Waals surface area contributed by atoms with Crippen molar-refractivity contribution in [2.75, 3.05) is 0 Å². The number of fused-ring (bicyclic) bond motifs is 1. The smallest absolute Gasteiger partial charge is 0.419 e. The zero-order valence-corrected chi connectivity index (χ0v) is 15.7. The van der Waals surface area contributed by atoms with Crippen LogP contribution in [0.4, 0.5) is 4.79 Å². The molecule has 0 aliphatic rings. The van der Waals surface area contributed by atoms with E-state index in [2.05, 4.69) is 6.07 Å². The Bertz CT molecular complexity index is 992. The van der Waals surface area contributed by atoms with Gasteiger partial charge in [-0.05, 0) is 44.0 Å². The second kappa shape index (κ2) is 7.55. The van der Waals surface area contributed by atoms with Gasteiger partial charge in [-0.3, -0.25) is 4.57 Å². The van der Waals surface area contributed by atoms with Gasteiger partial charge in [-0.2, -0.15) is 5.26 Å². The Hall–Kier alpha value is -3.26. The number of hydrogen-bond donors (Lipinski definition) is 0. The van der Waals surface area contributed by atoms with Gasteiger partial charge in [-0.1, -0.05) is 30.3 Å². The number of aromatic nitrogens is 1. The lowest BCUT2D eigenvalue weighted by Crippen LogP contribution is -2.26. The molecule has 5 nitrogen and oxygen atoms in total. The van der Waals surface area contributed by atoms with Gasteiger partial charge in [0.25, 0.3) is 0 Å². The number of carbonyl (C=O) groups is 1. The van der Waals surface area contributed by atoms with Crippen LogP contribution in [-0.4, -0.2) is 16.3 Å². The fourth-order valence-corrected chi connectivity index (χ4v) is 2.80. The highest BCUT2D eigenvalue weighted by Crippen LogP contribution is 2.27. The molecule has 0 amide bonds. The van der Waals surface area contributed by atoms with Crippen LogP contribution < -0.4 is 4.74 Å². The summed E-state index contributed by atoms with van der Waals surface area (Å²) in [5.74, 6) is 0.651. The van der Waals surface area contributed by atoms with E-state index in [1.54, 1.807) is 6.20 Å². The third kappa shape index (κ3) is 4.48. The Morgan fingerprint density at radius 2 is 1.89 bits per heavy atom. The molecule has 0 radical (unpaired) electrons. The van der Waals surface area contributed by atoms with Gasteiger partial charge in [0.15, 0.2) is 0 Å². The van der Waals surface area contributed by atoms with Gasteiger partial charge in [0.05, 0.1) is 18.0 Å². The average molecular weight is 362 g/mol. The van der Waals surface area contributed by atoms with Crippen LogP contribution in [0.15, 0.2) is 54.7 Å². The number of benzene rings is 2. The van der Waals surface area contributed by atoms with Crippen molar-refractivity contribution in [3.8, 4) is 11.8 Å². The van der Waals surface area contributed by atoms with E-state index in [0.717, 1.165) is 16.5 Å². The highest BCUT2D eigenvalue weighted by Gasteiger charge is 2.21. The normalized spacial score (nSPS) is 11.2. The predicted molar refractivity (Wildman–Crippen MR) is 104 cm³/mol. The van der Waals surface area contributed by atoms with E-state index < -0.39 is 11.7 Å². The van der Waals surface area contributed by atoms with E-state index in [1.165, 1.54) is 4.57 Å². The van der Waals surface area contributed by atoms with Crippen molar-refractivity contribution >= 4 is 17.0 Å². The molecular weight excluding hydrogens is 340 g/mol. The Morgan fingerprint density at radius 3 is 2.56 bits per heavy atom. The molecule has 0 aliphatic carbocycles. The standard InChI is InChI=1S/C22H22N2O3/c1-22(2,3)27-21(25)24-14-17(11-12-23)19-10-9-18(13-20(19)24)26-15-16-7-5-4-6-8-16/h4-10,13-14H,11,15H2,1-3H3. The van der Waals surface area contributed by atoms with E-state index >= 15 is 0 Å². The highest BCUT2D eigenvalue weighted by atomic mass is 16.6. The average Bonchev–Trinajstić information content (AvgIpc) is 2.98. The van der Waals surface area contributed by atoms with Crippen molar-refractivity contribution in [2.45, 2.75) is 39.4 Å². The molecule has 2 aromatic carbocycles. The first-order valence-corrected chi connectivity index (χ1v) is 8.78. The number of hydrogen-bond acceptors (Lipinski definition) is 4. The summed E-state index contributed by atoms with van der Waals surface area (Å²) in [5, 5.41) is 9.92. The van der Waals surface area contributed by atoms with Crippen molar-refractivity contribution in [1.82, 2.24) is 4.57 Å². The van der Waals surface area contributed by atoms with Crippen LogP contribution >= 0.6 is 0 Å². The second-order valence-corrected chi connectivity index (χ2v) is 7.29. The van der Waals surface area contributed by atoms with Crippen LogP contribution in [0.25, 0.3) is 10.9 Å². The van der Waals surface area contributed by atoms with Crippen molar-refractivity contribution in [1.29, 1.82) is 5.26 Å². The van der Waals surface area contributed by atoms with Gasteiger partial charge >= 0.3 is 6.09 Å². The fourth-order valence-electron chi connectivity index (χ4n) is 2.80. The van der Waals surface area contributed by atoms with Crippen LogP contribution in [0.2, 0.25) is 0 Å². The minimum atomic E-state index is -0.607. The van der Waals surface area contributed by atoms with Gasteiger partial charge in [0.2, 0.25) is 0 Å². The van der Waals surface area contributed by atoms with Gasteiger partial charge < -0.3 is 9.47 Å². The quantitative estimate of drug-likeness (QED) is 0.650. The van der Waals surface area contributed by atoms with E-state index in [4.69, 9.17) is 14.7 Å². The van der Waals surface area contributed by atoms with Crippen molar-refractivity contribution in [2.24, 2.45) is 0 Å². The predicted octanol–water partition coefficient (Wildman–Crippen LogP) is 5.07. The molecule has 3 rings (SSSR count). The minimum absolute atomic E-state index is 0.219. The summed E-state index contributed by atoms with van der Waals surface area (Å²) in [5.41, 5.74) is 1.91. The first-order valence-electron chi connectivity index (χ1n) is 8.78. The molecule has 0 unspecified atom stereocenters. The summed E-state index contributed by atoms with van der Waals surface area (Å²) in [4.78, 5) is 12.6. The number of rotatable bonds is 4. The summed E-state index contributed by atoms with van der Waals surface area (Å²) in [6, 6.07) is 17.5. The minimum Gasteiger partial charge on any atom is -0.489 e. The monoisotopic (exact) mass is 362 g/mol. The largest absolute Gasteiger partial charge is 0.489 e. The summed E-state index contributed by atoms with van der Waals surface area (Å²) < 4.78 is 12.8. The topological polar surface area (TPSA) is 64.2 Å². The molecule has 27 heavy (non-hydrogen) atoms. The highest BCUT2D eigenvalue weighted by molar-refractivity contribution is 5.93. The first-order chi connectivity index (χ1) is 12.9. The molecule has 0 spiro atoms. The molecule has 0 saturated carbocycles. The van der Waals surface area contributed by atoms with Gasteiger partial charge in [0, 0.05) is 17.6 Å². The third-order valence-electron chi connectivity index (χ3n) is 3.97. The summed E-state index contributed by atoms with van der Waals surface area (Å²) in [6.45, 7) is 5.90. The van der Waals surface area contributed by atoms with E-state index in [9.17, 15) is 4.79 Å². The van der Waals surface area contributed by atoms with Crippen molar-refractivity contribution in [3.63, 3.8) is 0 Å². The molecule has 1 aromatic heterocycles. The molecule has 0 saturated heterocycles. The van der Waals surface area contributed by atoms with E-state index in [0.29, 0.717) is 17.9 Å². The van der Waals surface area contributed by atoms with Crippen LogP contribution in [-0.2, 0) is 17.8 Å². The lowest BCUT2D eigenvalue weighted by Gasteiger charge is -2.19. The molecule has 0 bridgehead atoms. The molecule has 1 heterocycles. The Balaban J connectivity index is 1.94. The number of carbonyl (C=O) groups excluding carboxylic acids is 1. The Morgan fingerprint density at radius 1 is 1.15 bits per heavy atom. The summed E-state index contributed by atoms with van der Waals surface area (Å²) in [6.07, 6.45) is 1.41. The zero-order chi connectivity index (χ0) is 19.4. The maximum atomic E-state index is 12.6. The molecule has 0 N–H and O–H groups in total. The van der Waals surface area contributed by atoms with Crippen LogP contribution in [0.1, 0.15) is 31.9 Å².